The first-order valence-corrected chi connectivity index (χ1v) is 5.86. The lowest BCUT2D eigenvalue weighted by atomic mass is 9.79. The third-order valence-corrected chi connectivity index (χ3v) is 3.59. The molecule has 1 N–H and O–H groups in total. The molecule has 0 aromatic heterocycles. The van der Waals surface area contributed by atoms with Crippen LogP contribution in [0.1, 0.15) is 33.1 Å². The second kappa shape index (κ2) is 5.31. The van der Waals surface area contributed by atoms with Gasteiger partial charge < -0.3 is 10.2 Å². The van der Waals surface area contributed by atoms with Gasteiger partial charge in [-0.2, -0.15) is 5.26 Å². The number of hydrogen-bond donors (Lipinski definition) is 1. The number of rotatable bonds is 3. The molecule has 0 aliphatic carbocycles. The van der Waals surface area contributed by atoms with E-state index in [1.54, 1.807) is 11.9 Å². The van der Waals surface area contributed by atoms with Gasteiger partial charge in [0.25, 0.3) is 0 Å². The van der Waals surface area contributed by atoms with Crippen LogP contribution in [0.4, 0.5) is 0 Å². The molecule has 0 aromatic carbocycles. The molecule has 90 valence electrons. The van der Waals surface area contributed by atoms with E-state index in [0.717, 1.165) is 25.9 Å². The molecule has 1 aliphatic rings. The van der Waals surface area contributed by atoms with E-state index in [1.807, 2.05) is 13.8 Å². The molecule has 1 aliphatic heterocycles. The van der Waals surface area contributed by atoms with Crippen molar-refractivity contribution in [2.45, 2.75) is 39.2 Å². The standard InChI is InChI=1S/C12H21N3O/c1-10(4-7-13)15(3)11(16)12(2)5-8-14-9-6-12/h10,14H,4-6,8-9H2,1-3H3. The van der Waals surface area contributed by atoms with E-state index in [2.05, 4.69) is 11.4 Å². The molecule has 1 heterocycles. The lowest BCUT2D eigenvalue weighted by molar-refractivity contribution is -0.143. The van der Waals surface area contributed by atoms with Gasteiger partial charge >= 0.3 is 0 Å². The van der Waals surface area contributed by atoms with Gasteiger partial charge in [-0.25, -0.2) is 0 Å². The van der Waals surface area contributed by atoms with Crippen molar-refractivity contribution in [3.8, 4) is 6.07 Å². The Morgan fingerprint density at radius 2 is 2.12 bits per heavy atom. The van der Waals surface area contributed by atoms with Gasteiger partial charge in [-0.3, -0.25) is 4.79 Å². The van der Waals surface area contributed by atoms with Crippen molar-refractivity contribution in [1.82, 2.24) is 10.2 Å². The highest BCUT2D eigenvalue weighted by molar-refractivity contribution is 5.82. The number of hydrogen-bond acceptors (Lipinski definition) is 3. The van der Waals surface area contributed by atoms with Gasteiger partial charge in [0.05, 0.1) is 12.5 Å². The van der Waals surface area contributed by atoms with Crippen LogP contribution in [0.3, 0.4) is 0 Å². The molecule has 1 atom stereocenters. The normalized spacial score (nSPS) is 20.9. The first kappa shape index (κ1) is 13.0. The summed E-state index contributed by atoms with van der Waals surface area (Å²) in [5.41, 5.74) is -0.246. The van der Waals surface area contributed by atoms with Crippen LogP contribution in [0.15, 0.2) is 0 Å². The van der Waals surface area contributed by atoms with Gasteiger partial charge in [0.2, 0.25) is 5.91 Å². The summed E-state index contributed by atoms with van der Waals surface area (Å²) < 4.78 is 0. The SMILES string of the molecule is CC(CC#N)N(C)C(=O)C1(C)CCNCC1. The number of carbonyl (C=O) groups excluding carboxylic acids is 1. The molecule has 0 aromatic rings. The molecule has 1 unspecified atom stereocenters. The third kappa shape index (κ3) is 2.73. The number of nitrogens with one attached hydrogen (secondary N) is 1. The number of nitrogens with zero attached hydrogens (tertiary/aromatic N) is 2. The van der Waals surface area contributed by atoms with Crippen LogP contribution in [0, 0.1) is 16.7 Å². The predicted molar refractivity (Wildman–Crippen MR) is 62.7 cm³/mol. The lowest BCUT2D eigenvalue weighted by Gasteiger charge is -2.37. The van der Waals surface area contributed by atoms with E-state index in [-0.39, 0.29) is 17.4 Å². The average Bonchev–Trinajstić information content (AvgIpc) is 2.28. The summed E-state index contributed by atoms with van der Waals surface area (Å²) in [5.74, 6) is 0.178. The molecule has 0 radical (unpaired) electrons. The maximum absolute atomic E-state index is 12.3. The summed E-state index contributed by atoms with van der Waals surface area (Å²) in [7, 11) is 1.80. The summed E-state index contributed by atoms with van der Waals surface area (Å²) in [6, 6.07) is 2.12. The summed E-state index contributed by atoms with van der Waals surface area (Å²) >= 11 is 0. The zero-order valence-corrected chi connectivity index (χ0v) is 10.4. The summed E-state index contributed by atoms with van der Waals surface area (Å²) in [4.78, 5) is 14.1. The van der Waals surface area contributed by atoms with Crippen LogP contribution >= 0.6 is 0 Å². The maximum atomic E-state index is 12.3. The minimum absolute atomic E-state index is 0.00390. The highest BCUT2D eigenvalue weighted by atomic mass is 16.2. The minimum atomic E-state index is -0.246. The molecule has 1 amide bonds. The third-order valence-electron chi connectivity index (χ3n) is 3.59. The Balaban J connectivity index is 2.65. The highest BCUT2D eigenvalue weighted by Gasteiger charge is 2.37. The summed E-state index contributed by atoms with van der Waals surface area (Å²) in [6.45, 7) is 5.77. The largest absolute Gasteiger partial charge is 0.342 e. The Kier molecular flexibility index (Phi) is 4.31. The fourth-order valence-corrected chi connectivity index (χ4v) is 2.09. The molecule has 0 saturated carbocycles. The van der Waals surface area contributed by atoms with Gasteiger partial charge in [-0.1, -0.05) is 6.92 Å². The van der Waals surface area contributed by atoms with E-state index >= 15 is 0 Å². The van der Waals surface area contributed by atoms with Crippen LogP contribution < -0.4 is 5.32 Å². The molecule has 4 nitrogen and oxygen atoms in total. The van der Waals surface area contributed by atoms with E-state index in [0.29, 0.717) is 6.42 Å². The van der Waals surface area contributed by atoms with Crippen molar-refractivity contribution in [1.29, 1.82) is 5.26 Å². The zero-order chi connectivity index (χ0) is 12.2. The average molecular weight is 223 g/mol. The number of amides is 1. The molecular formula is C12H21N3O. The van der Waals surface area contributed by atoms with Crippen LogP contribution in [0.2, 0.25) is 0 Å². The molecular weight excluding hydrogens is 202 g/mol. The van der Waals surface area contributed by atoms with Crippen molar-refractivity contribution < 1.29 is 4.79 Å². The van der Waals surface area contributed by atoms with Crippen LogP contribution in [0.5, 0.6) is 0 Å². The fourth-order valence-electron chi connectivity index (χ4n) is 2.09. The van der Waals surface area contributed by atoms with E-state index < -0.39 is 0 Å². The Morgan fingerprint density at radius 3 is 2.62 bits per heavy atom. The van der Waals surface area contributed by atoms with Gasteiger partial charge in [0.1, 0.15) is 0 Å². The molecule has 4 heteroatoms. The van der Waals surface area contributed by atoms with E-state index in [1.165, 1.54) is 0 Å². The van der Waals surface area contributed by atoms with Crippen molar-refractivity contribution in [2.24, 2.45) is 5.41 Å². The lowest BCUT2D eigenvalue weighted by Crippen LogP contribution is -2.48. The van der Waals surface area contributed by atoms with Gasteiger partial charge in [0, 0.05) is 18.5 Å². The van der Waals surface area contributed by atoms with E-state index in [9.17, 15) is 4.79 Å². The Labute approximate surface area is 97.6 Å². The second-order valence-corrected chi connectivity index (χ2v) is 4.94. The van der Waals surface area contributed by atoms with Crippen molar-refractivity contribution >= 4 is 5.91 Å². The monoisotopic (exact) mass is 223 g/mol. The first-order valence-electron chi connectivity index (χ1n) is 5.86. The van der Waals surface area contributed by atoms with Gasteiger partial charge in [-0.05, 0) is 32.9 Å². The minimum Gasteiger partial charge on any atom is -0.342 e. The Bertz CT molecular complexity index is 289. The summed E-state index contributed by atoms with van der Waals surface area (Å²) in [6.07, 6.45) is 2.17. The van der Waals surface area contributed by atoms with Crippen molar-refractivity contribution in [3.63, 3.8) is 0 Å². The van der Waals surface area contributed by atoms with Crippen molar-refractivity contribution in [3.05, 3.63) is 0 Å². The maximum Gasteiger partial charge on any atom is 0.228 e. The molecule has 1 rings (SSSR count). The van der Waals surface area contributed by atoms with Crippen LogP contribution in [-0.2, 0) is 4.79 Å². The topological polar surface area (TPSA) is 56.1 Å². The number of nitriles is 1. The molecule has 16 heavy (non-hydrogen) atoms. The predicted octanol–water partition coefficient (Wildman–Crippen LogP) is 1.14. The number of piperidine rings is 1. The van der Waals surface area contributed by atoms with Crippen LogP contribution in [0.25, 0.3) is 0 Å². The molecule has 1 fully saturated rings. The van der Waals surface area contributed by atoms with Crippen molar-refractivity contribution in [2.75, 3.05) is 20.1 Å². The molecule has 1 saturated heterocycles. The zero-order valence-electron chi connectivity index (χ0n) is 10.4. The molecule has 0 spiro atoms. The Morgan fingerprint density at radius 1 is 1.56 bits per heavy atom. The van der Waals surface area contributed by atoms with Gasteiger partial charge in [0.15, 0.2) is 0 Å². The quantitative estimate of drug-likeness (QED) is 0.780. The summed E-state index contributed by atoms with van der Waals surface area (Å²) in [5, 5.41) is 11.9. The van der Waals surface area contributed by atoms with Crippen LogP contribution in [-0.4, -0.2) is 37.0 Å². The smallest absolute Gasteiger partial charge is 0.228 e. The second-order valence-electron chi connectivity index (χ2n) is 4.94. The van der Waals surface area contributed by atoms with Gasteiger partial charge in [-0.15, -0.1) is 0 Å². The first-order chi connectivity index (χ1) is 7.51. The highest BCUT2D eigenvalue weighted by Crippen LogP contribution is 2.30. The molecule has 0 bridgehead atoms. The Hall–Kier alpha value is -1.08. The fraction of sp³-hybridized carbons (Fsp3) is 0.833. The van der Waals surface area contributed by atoms with E-state index in [4.69, 9.17) is 5.26 Å². The number of carbonyl (C=O) groups is 1.